The number of nitrogens with zero attached hydrogens (tertiary/aromatic N) is 4. The largest absolute Gasteiger partial charge is 0.383 e. The van der Waals surface area contributed by atoms with E-state index < -0.39 is 0 Å². The summed E-state index contributed by atoms with van der Waals surface area (Å²) in [6.07, 6.45) is 5.33. The molecule has 92 valence electrons. The van der Waals surface area contributed by atoms with Gasteiger partial charge in [-0.1, -0.05) is 0 Å². The molecule has 0 fully saturated rings. The molecule has 5 nitrogen and oxygen atoms in total. The number of alkyl halides is 1. The molecule has 0 aliphatic rings. The third-order valence-corrected chi connectivity index (χ3v) is 2.69. The summed E-state index contributed by atoms with van der Waals surface area (Å²) in [5, 5.41) is 4.19. The van der Waals surface area contributed by atoms with Crippen LogP contribution in [-0.2, 0) is 4.74 Å². The highest BCUT2D eigenvalue weighted by Crippen LogP contribution is 2.17. The number of methoxy groups -OCH3 is 1. The highest BCUT2D eigenvalue weighted by molar-refractivity contribution is 6.18. The van der Waals surface area contributed by atoms with Gasteiger partial charge in [0.05, 0.1) is 12.8 Å². The minimum atomic E-state index is 0.556. The van der Waals surface area contributed by atoms with Gasteiger partial charge in [0.1, 0.15) is 5.52 Å². The number of fused-ring (bicyclic) bond motifs is 1. The summed E-state index contributed by atoms with van der Waals surface area (Å²) >= 11 is 5.82. The predicted molar refractivity (Wildman–Crippen MR) is 67.8 cm³/mol. The third-order valence-electron chi connectivity index (χ3n) is 2.52. The van der Waals surface area contributed by atoms with E-state index in [1.165, 1.54) is 0 Å². The van der Waals surface area contributed by atoms with Crippen molar-refractivity contribution in [2.24, 2.45) is 0 Å². The zero-order valence-electron chi connectivity index (χ0n) is 9.71. The van der Waals surface area contributed by atoms with E-state index in [0.29, 0.717) is 12.5 Å². The van der Waals surface area contributed by atoms with E-state index in [1.807, 2.05) is 12.3 Å². The predicted octanol–water partition coefficient (Wildman–Crippen LogP) is 1.42. The molecular weight excluding hydrogens is 240 g/mol. The number of hydrogen-bond donors (Lipinski definition) is 0. The van der Waals surface area contributed by atoms with Crippen LogP contribution in [0.4, 0.5) is 5.82 Å². The standard InChI is InChI=1S/C11H15ClN4O/c1-17-9-8-15(6-3-12)11-10-2-4-14-16(10)7-5-13-11/h2,4-5,7H,3,6,8-9H2,1H3. The van der Waals surface area contributed by atoms with E-state index in [0.717, 1.165) is 24.4 Å². The van der Waals surface area contributed by atoms with E-state index in [9.17, 15) is 0 Å². The Morgan fingerprint density at radius 2 is 2.29 bits per heavy atom. The number of rotatable bonds is 6. The van der Waals surface area contributed by atoms with Crippen LogP contribution in [0.5, 0.6) is 0 Å². The van der Waals surface area contributed by atoms with Crippen molar-refractivity contribution in [1.82, 2.24) is 14.6 Å². The zero-order chi connectivity index (χ0) is 12.1. The lowest BCUT2D eigenvalue weighted by Gasteiger charge is -2.22. The maximum Gasteiger partial charge on any atom is 0.154 e. The number of halogens is 1. The first-order chi connectivity index (χ1) is 8.36. The normalized spacial score (nSPS) is 10.9. The molecular formula is C11H15ClN4O. The van der Waals surface area contributed by atoms with Gasteiger partial charge in [-0.2, -0.15) is 5.10 Å². The highest BCUT2D eigenvalue weighted by atomic mass is 35.5. The fourth-order valence-corrected chi connectivity index (χ4v) is 1.92. The molecule has 0 atom stereocenters. The van der Waals surface area contributed by atoms with Gasteiger partial charge in [-0.05, 0) is 6.07 Å². The Balaban J connectivity index is 2.30. The summed E-state index contributed by atoms with van der Waals surface area (Å²) < 4.78 is 6.90. The summed E-state index contributed by atoms with van der Waals surface area (Å²) in [7, 11) is 1.69. The average molecular weight is 255 g/mol. The fourth-order valence-electron chi connectivity index (χ4n) is 1.71. The van der Waals surface area contributed by atoms with Crippen molar-refractivity contribution in [1.29, 1.82) is 0 Å². The number of aromatic nitrogens is 3. The van der Waals surface area contributed by atoms with Crippen molar-refractivity contribution >= 4 is 22.9 Å². The van der Waals surface area contributed by atoms with Crippen LogP contribution in [0.2, 0.25) is 0 Å². The topological polar surface area (TPSA) is 42.7 Å². The van der Waals surface area contributed by atoms with E-state index in [-0.39, 0.29) is 0 Å². The molecule has 0 bridgehead atoms. The fraction of sp³-hybridized carbons (Fsp3) is 0.455. The van der Waals surface area contributed by atoms with Crippen LogP contribution in [0.25, 0.3) is 5.52 Å². The molecule has 0 N–H and O–H groups in total. The molecule has 2 rings (SSSR count). The quantitative estimate of drug-likeness (QED) is 0.732. The molecule has 6 heteroatoms. The molecule has 0 radical (unpaired) electrons. The van der Waals surface area contributed by atoms with Crippen molar-refractivity contribution in [3.05, 3.63) is 24.7 Å². The Bertz CT molecular complexity index is 473. The monoisotopic (exact) mass is 254 g/mol. The second-order valence-corrected chi connectivity index (χ2v) is 3.96. The van der Waals surface area contributed by atoms with Gasteiger partial charge >= 0.3 is 0 Å². The lowest BCUT2D eigenvalue weighted by molar-refractivity contribution is 0.205. The Kier molecular flexibility index (Phi) is 4.17. The summed E-state index contributed by atoms with van der Waals surface area (Å²) in [4.78, 5) is 6.51. The molecule has 0 aromatic carbocycles. The van der Waals surface area contributed by atoms with E-state index >= 15 is 0 Å². The molecule has 2 heterocycles. The second-order valence-electron chi connectivity index (χ2n) is 3.58. The molecule has 0 aliphatic heterocycles. The second kappa shape index (κ2) is 5.84. The van der Waals surface area contributed by atoms with Crippen molar-refractivity contribution in [2.75, 3.05) is 37.6 Å². The van der Waals surface area contributed by atoms with Crippen LogP contribution in [0.15, 0.2) is 24.7 Å². The van der Waals surface area contributed by atoms with Gasteiger partial charge in [-0.25, -0.2) is 9.50 Å². The van der Waals surface area contributed by atoms with Gasteiger partial charge in [0.15, 0.2) is 5.82 Å². The molecule has 0 saturated heterocycles. The highest BCUT2D eigenvalue weighted by Gasteiger charge is 2.11. The molecule has 0 amide bonds. The Hall–Kier alpha value is -1.33. The SMILES string of the molecule is COCCN(CCCl)c1nccn2nccc12. The lowest BCUT2D eigenvalue weighted by Crippen LogP contribution is -2.30. The van der Waals surface area contributed by atoms with Gasteiger partial charge < -0.3 is 9.64 Å². The van der Waals surface area contributed by atoms with Crippen LogP contribution in [0, 0.1) is 0 Å². The molecule has 0 aliphatic carbocycles. The van der Waals surface area contributed by atoms with Crippen LogP contribution in [-0.4, -0.2) is 47.3 Å². The Labute approximate surface area is 105 Å². The van der Waals surface area contributed by atoms with Crippen LogP contribution >= 0.6 is 11.6 Å². The van der Waals surface area contributed by atoms with E-state index in [2.05, 4.69) is 15.0 Å². The van der Waals surface area contributed by atoms with Gasteiger partial charge in [0.25, 0.3) is 0 Å². The summed E-state index contributed by atoms with van der Waals surface area (Å²) in [6.45, 7) is 2.15. The van der Waals surface area contributed by atoms with Crippen LogP contribution in [0.3, 0.4) is 0 Å². The first-order valence-electron chi connectivity index (χ1n) is 5.45. The minimum Gasteiger partial charge on any atom is -0.383 e. The smallest absolute Gasteiger partial charge is 0.154 e. The third kappa shape index (κ3) is 2.68. The Morgan fingerprint density at radius 1 is 1.41 bits per heavy atom. The van der Waals surface area contributed by atoms with Crippen LogP contribution in [0.1, 0.15) is 0 Å². The minimum absolute atomic E-state index is 0.556. The molecule has 2 aromatic rings. The van der Waals surface area contributed by atoms with E-state index in [1.54, 1.807) is 24.0 Å². The van der Waals surface area contributed by atoms with Crippen molar-refractivity contribution in [2.45, 2.75) is 0 Å². The lowest BCUT2D eigenvalue weighted by atomic mass is 10.4. The zero-order valence-corrected chi connectivity index (χ0v) is 10.5. The van der Waals surface area contributed by atoms with Crippen molar-refractivity contribution in [3.8, 4) is 0 Å². The van der Waals surface area contributed by atoms with Crippen molar-refractivity contribution in [3.63, 3.8) is 0 Å². The molecule has 2 aromatic heterocycles. The molecule has 0 spiro atoms. The van der Waals surface area contributed by atoms with Gasteiger partial charge in [0, 0.05) is 38.5 Å². The van der Waals surface area contributed by atoms with Gasteiger partial charge in [0.2, 0.25) is 0 Å². The number of anilines is 1. The van der Waals surface area contributed by atoms with Crippen molar-refractivity contribution < 1.29 is 4.74 Å². The van der Waals surface area contributed by atoms with Gasteiger partial charge in [-0.3, -0.25) is 0 Å². The summed E-state index contributed by atoms with van der Waals surface area (Å²) in [5.41, 5.74) is 0.980. The van der Waals surface area contributed by atoms with E-state index in [4.69, 9.17) is 16.3 Å². The number of ether oxygens (including phenoxy) is 1. The average Bonchev–Trinajstić information content (AvgIpc) is 2.82. The van der Waals surface area contributed by atoms with Gasteiger partial charge in [-0.15, -0.1) is 11.6 Å². The molecule has 0 saturated carbocycles. The summed E-state index contributed by atoms with van der Waals surface area (Å²) in [5.74, 6) is 1.45. The maximum absolute atomic E-state index is 5.82. The molecule has 17 heavy (non-hydrogen) atoms. The summed E-state index contributed by atoms with van der Waals surface area (Å²) in [6, 6.07) is 1.94. The Morgan fingerprint density at radius 3 is 3.06 bits per heavy atom. The first kappa shape index (κ1) is 12.1. The first-order valence-corrected chi connectivity index (χ1v) is 5.98. The number of hydrogen-bond acceptors (Lipinski definition) is 4. The maximum atomic E-state index is 5.82. The van der Waals surface area contributed by atoms with Crippen LogP contribution < -0.4 is 4.90 Å². The molecule has 0 unspecified atom stereocenters.